The average molecular weight is 369 g/mol. The van der Waals surface area contributed by atoms with Gasteiger partial charge in [-0.3, -0.25) is 4.79 Å². The Kier molecular flexibility index (Phi) is 4.39. The van der Waals surface area contributed by atoms with E-state index >= 15 is 0 Å². The molecule has 1 aliphatic rings. The molecule has 9 heteroatoms. The molecule has 1 N–H and O–H groups in total. The molecular weight excluding hydrogens is 346 g/mol. The van der Waals surface area contributed by atoms with E-state index in [1.54, 1.807) is 15.6 Å². The predicted octanol–water partition coefficient (Wildman–Crippen LogP) is 1.06. The van der Waals surface area contributed by atoms with E-state index in [9.17, 15) is 9.90 Å². The number of aromatic nitrogens is 6. The Morgan fingerprint density at radius 2 is 2.00 bits per heavy atom. The molecule has 4 heterocycles. The summed E-state index contributed by atoms with van der Waals surface area (Å²) >= 11 is 0. The molecule has 1 aliphatic heterocycles. The first-order valence-electron chi connectivity index (χ1n) is 9.09. The summed E-state index contributed by atoms with van der Waals surface area (Å²) < 4.78 is 3.43. The second-order valence-corrected chi connectivity index (χ2v) is 7.16. The summed E-state index contributed by atoms with van der Waals surface area (Å²) in [6, 6.07) is 1.90. The van der Waals surface area contributed by atoms with Gasteiger partial charge in [-0.1, -0.05) is 0 Å². The lowest BCUT2D eigenvalue weighted by Crippen LogP contribution is -2.40. The molecule has 142 valence electrons. The summed E-state index contributed by atoms with van der Waals surface area (Å²) in [6.07, 6.45) is 4.31. The van der Waals surface area contributed by atoms with Crippen molar-refractivity contribution in [1.29, 1.82) is 0 Å². The Balaban J connectivity index is 1.46. The van der Waals surface area contributed by atoms with Crippen LogP contribution in [0.15, 0.2) is 18.5 Å². The maximum atomic E-state index is 12.8. The lowest BCUT2D eigenvalue weighted by molar-refractivity contribution is 0.0413. The maximum absolute atomic E-state index is 12.8. The van der Waals surface area contributed by atoms with Crippen LogP contribution in [0.3, 0.4) is 0 Å². The topological polar surface area (TPSA) is 101 Å². The van der Waals surface area contributed by atoms with Crippen molar-refractivity contribution >= 4 is 11.7 Å². The van der Waals surface area contributed by atoms with Gasteiger partial charge in [0.25, 0.3) is 11.7 Å². The van der Waals surface area contributed by atoms with Gasteiger partial charge in [0.15, 0.2) is 0 Å². The molecule has 0 aromatic carbocycles. The highest BCUT2D eigenvalue weighted by atomic mass is 16.3. The van der Waals surface area contributed by atoms with E-state index in [-0.39, 0.29) is 17.6 Å². The third-order valence-corrected chi connectivity index (χ3v) is 5.21. The van der Waals surface area contributed by atoms with Gasteiger partial charge in [0, 0.05) is 43.9 Å². The normalized spacial score (nSPS) is 16.8. The maximum Gasteiger partial charge on any atom is 0.293 e. The van der Waals surface area contributed by atoms with Gasteiger partial charge in [0.05, 0.1) is 0 Å². The van der Waals surface area contributed by atoms with Crippen LogP contribution in [0.25, 0.3) is 5.78 Å². The molecule has 0 aliphatic carbocycles. The predicted molar refractivity (Wildman–Crippen MR) is 97.1 cm³/mol. The molecule has 0 saturated carbocycles. The van der Waals surface area contributed by atoms with E-state index in [0.29, 0.717) is 37.5 Å². The van der Waals surface area contributed by atoms with Crippen molar-refractivity contribution in [1.82, 2.24) is 34.0 Å². The number of hydrogen-bond acceptors (Lipinski definition) is 6. The number of aliphatic hydroxyl groups is 1. The number of carbonyl (C=O) groups excluding carboxylic acids is 1. The number of likely N-dealkylation sites (tertiary alicyclic amines) is 1. The van der Waals surface area contributed by atoms with Gasteiger partial charge in [-0.05, 0) is 38.7 Å². The van der Waals surface area contributed by atoms with Crippen molar-refractivity contribution in [2.24, 2.45) is 13.0 Å². The Bertz CT molecular complexity index is 985. The summed E-state index contributed by atoms with van der Waals surface area (Å²) in [5.74, 6) is 1.16. The quantitative estimate of drug-likeness (QED) is 0.741. The summed E-state index contributed by atoms with van der Waals surface area (Å²) in [6.45, 7) is 4.92. The van der Waals surface area contributed by atoms with Gasteiger partial charge in [-0.25, -0.2) is 14.5 Å². The number of fused-ring (bicyclic) bond motifs is 1. The Labute approximate surface area is 156 Å². The molecule has 0 radical (unpaired) electrons. The van der Waals surface area contributed by atoms with Crippen molar-refractivity contribution in [3.05, 3.63) is 41.5 Å². The van der Waals surface area contributed by atoms with Gasteiger partial charge in [0.1, 0.15) is 11.9 Å². The Hall–Kier alpha value is -2.81. The molecule has 3 aromatic rings. The minimum atomic E-state index is -0.620. The van der Waals surface area contributed by atoms with E-state index in [0.717, 1.165) is 11.4 Å². The van der Waals surface area contributed by atoms with Crippen molar-refractivity contribution in [3.8, 4) is 0 Å². The molecule has 1 amide bonds. The second-order valence-electron chi connectivity index (χ2n) is 7.16. The minimum absolute atomic E-state index is 0.0794. The number of hydrogen-bond donors (Lipinski definition) is 1. The molecule has 27 heavy (non-hydrogen) atoms. The summed E-state index contributed by atoms with van der Waals surface area (Å²) in [7, 11) is 1.87. The Morgan fingerprint density at radius 3 is 2.67 bits per heavy atom. The van der Waals surface area contributed by atoms with Crippen LogP contribution >= 0.6 is 0 Å². The zero-order valence-electron chi connectivity index (χ0n) is 15.7. The molecule has 0 unspecified atom stereocenters. The zero-order valence-corrected chi connectivity index (χ0v) is 15.7. The van der Waals surface area contributed by atoms with Crippen LogP contribution < -0.4 is 0 Å². The van der Waals surface area contributed by atoms with Crippen LogP contribution in [-0.4, -0.2) is 58.1 Å². The number of aryl methyl sites for hydroxylation is 3. The molecule has 3 aromatic heterocycles. The molecule has 1 fully saturated rings. The number of rotatable bonds is 3. The van der Waals surface area contributed by atoms with Crippen molar-refractivity contribution in [2.75, 3.05) is 13.1 Å². The smallest absolute Gasteiger partial charge is 0.293 e. The number of piperidine rings is 1. The standard InChI is InChI=1S/C18H23N7O2/c1-11-10-12(2)25-18(20-11)21-15(22-25)17(27)24-7-4-13(5-8-24)14(26)16-19-6-9-23(16)3/h6,9-10,13-14,26H,4-5,7-8H2,1-3H3/t14-/m1/s1. The van der Waals surface area contributed by atoms with Crippen molar-refractivity contribution in [2.45, 2.75) is 32.8 Å². The van der Waals surface area contributed by atoms with Crippen LogP contribution in [0.5, 0.6) is 0 Å². The first-order chi connectivity index (χ1) is 12.9. The third-order valence-electron chi connectivity index (χ3n) is 5.21. The molecular formula is C18H23N7O2. The van der Waals surface area contributed by atoms with E-state index in [1.807, 2.05) is 37.7 Å². The molecule has 0 spiro atoms. The Morgan fingerprint density at radius 1 is 1.26 bits per heavy atom. The second kappa shape index (κ2) is 6.73. The van der Waals surface area contributed by atoms with E-state index in [1.165, 1.54) is 0 Å². The highest BCUT2D eigenvalue weighted by Gasteiger charge is 2.31. The summed E-state index contributed by atoms with van der Waals surface area (Å²) in [5, 5.41) is 14.9. The number of aliphatic hydroxyl groups excluding tert-OH is 1. The molecule has 1 atom stereocenters. The molecule has 0 bridgehead atoms. The fraction of sp³-hybridized carbons (Fsp3) is 0.500. The van der Waals surface area contributed by atoms with E-state index in [2.05, 4.69) is 20.1 Å². The van der Waals surface area contributed by atoms with Crippen molar-refractivity contribution < 1.29 is 9.90 Å². The van der Waals surface area contributed by atoms with E-state index in [4.69, 9.17) is 0 Å². The zero-order chi connectivity index (χ0) is 19.1. The lowest BCUT2D eigenvalue weighted by Gasteiger charge is -2.33. The fourth-order valence-electron chi connectivity index (χ4n) is 3.69. The average Bonchev–Trinajstić information content (AvgIpc) is 3.27. The highest BCUT2D eigenvalue weighted by Crippen LogP contribution is 2.30. The number of imidazole rings is 1. The first-order valence-corrected chi connectivity index (χ1v) is 9.09. The third kappa shape index (κ3) is 3.18. The van der Waals surface area contributed by atoms with Gasteiger partial charge in [-0.15, -0.1) is 5.10 Å². The number of carbonyl (C=O) groups is 1. The SMILES string of the molecule is Cc1cc(C)n2nc(C(=O)N3CCC([C@@H](O)c4nccn4C)CC3)nc2n1. The van der Waals surface area contributed by atoms with Crippen LogP contribution in [0.4, 0.5) is 0 Å². The lowest BCUT2D eigenvalue weighted by atomic mass is 9.90. The van der Waals surface area contributed by atoms with Gasteiger partial charge in [-0.2, -0.15) is 4.98 Å². The van der Waals surface area contributed by atoms with Crippen LogP contribution in [0.2, 0.25) is 0 Å². The first kappa shape index (κ1) is 17.6. The summed E-state index contributed by atoms with van der Waals surface area (Å²) in [4.78, 5) is 27.4. The fourth-order valence-corrected chi connectivity index (χ4v) is 3.69. The van der Waals surface area contributed by atoms with Gasteiger partial charge in [0.2, 0.25) is 5.82 Å². The number of nitrogens with zero attached hydrogens (tertiary/aromatic N) is 7. The van der Waals surface area contributed by atoms with Crippen LogP contribution in [-0.2, 0) is 7.05 Å². The highest BCUT2D eigenvalue weighted by molar-refractivity contribution is 5.91. The largest absolute Gasteiger partial charge is 0.385 e. The van der Waals surface area contributed by atoms with Crippen LogP contribution in [0, 0.1) is 19.8 Å². The minimum Gasteiger partial charge on any atom is -0.385 e. The monoisotopic (exact) mass is 369 g/mol. The molecule has 4 rings (SSSR count). The molecule has 9 nitrogen and oxygen atoms in total. The van der Waals surface area contributed by atoms with Crippen LogP contribution in [0.1, 0.15) is 46.8 Å². The van der Waals surface area contributed by atoms with Gasteiger partial charge < -0.3 is 14.6 Å². The van der Waals surface area contributed by atoms with Crippen molar-refractivity contribution in [3.63, 3.8) is 0 Å². The van der Waals surface area contributed by atoms with E-state index < -0.39 is 6.10 Å². The summed E-state index contributed by atoms with van der Waals surface area (Å²) in [5.41, 5.74) is 1.73. The number of amides is 1. The molecule has 1 saturated heterocycles. The van der Waals surface area contributed by atoms with Gasteiger partial charge >= 0.3 is 0 Å².